The Balaban J connectivity index is 1.69. The van der Waals surface area contributed by atoms with E-state index >= 15 is 0 Å². The summed E-state index contributed by atoms with van der Waals surface area (Å²) < 4.78 is 41.5. The van der Waals surface area contributed by atoms with E-state index in [9.17, 15) is 17.6 Å². The SMILES string of the molecule is CCN(Cc1cccc(F)c1)C(=O)C1CCN(S(=O)(=O)c2c(C)cc(C)cc2C)CC1. The van der Waals surface area contributed by atoms with Crippen LogP contribution in [0.5, 0.6) is 0 Å². The molecule has 0 saturated carbocycles. The van der Waals surface area contributed by atoms with Crippen molar-refractivity contribution in [3.8, 4) is 0 Å². The highest BCUT2D eigenvalue weighted by atomic mass is 32.2. The molecule has 2 aromatic rings. The number of carbonyl (C=O) groups is 1. The van der Waals surface area contributed by atoms with Gasteiger partial charge in [-0.1, -0.05) is 29.8 Å². The van der Waals surface area contributed by atoms with Crippen LogP contribution in [0.2, 0.25) is 0 Å². The Kier molecular flexibility index (Phi) is 7.17. The van der Waals surface area contributed by atoms with Crippen LogP contribution in [0.3, 0.4) is 0 Å². The van der Waals surface area contributed by atoms with Gasteiger partial charge in [-0.25, -0.2) is 12.8 Å². The normalized spacial score (nSPS) is 15.8. The number of carbonyl (C=O) groups excluding carboxylic acids is 1. The maximum atomic E-state index is 13.5. The van der Waals surface area contributed by atoms with Gasteiger partial charge in [-0.05, 0) is 69.4 Å². The fraction of sp³-hybridized carbons (Fsp3) is 0.458. The third-order valence-corrected chi connectivity index (χ3v) is 8.17. The highest BCUT2D eigenvalue weighted by molar-refractivity contribution is 7.89. The van der Waals surface area contributed by atoms with Gasteiger partial charge in [-0.3, -0.25) is 4.79 Å². The van der Waals surface area contributed by atoms with Gasteiger partial charge in [-0.15, -0.1) is 0 Å². The average molecular weight is 447 g/mol. The molecular formula is C24H31FN2O3S. The van der Waals surface area contributed by atoms with Crippen molar-refractivity contribution in [3.05, 3.63) is 64.5 Å². The minimum absolute atomic E-state index is 0.00602. The minimum atomic E-state index is -3.60. The van der Waals surface area contributed by atoms with Crippen molar-refractivity contribution in [2.75, 3.05) is 19.6 Å². The summed E-state index contributed by atoms with van der Waals surface area (Å²) in [6, 6.07) is 10.1. The van der Waals surface area contributed by atoms with E-state index in [1.54, 1.807) is 17.0 Å². The van der Waals surface area contributed by atoms with E-state index in [-0.39, 0.29) is 17.6 Å². The maximum absolute atomic E-state index is 13.5. The minimum Gasteiger partial charge on any atom is -0.338 e. The van der Waals surface area contributed by atoms with Gasteiger partial charge in [0.1, 0.15) is 5.82 Å². The monoisotopic (exact) mass is 446 g/mol. The Morgan fingerprint density at radius 3 is 2.26 bits per heavy atom. The van der Waals surface area contributed by atoms with Gasteiger partial charge in [0.15, 0.2) is 0 Å². The third kappa shape index (κ3) is 5.15. The molecule has 0 aromatic heterocycles. The summed E-state index contributed by atoms with van der Waals surface area (Å²) in [4.78, 5) is 15.2. The number of piperidine rings is 1. The van der Waals surface area contributed by atoms with Crippen molar-refractivity contribution in [3.63, 3.8) is 0 Å². The van der Waals surface area contributed by atoms with Gasteiger partial charge >= 0.3 is 0 Å². The predicted octanol–water partition coefficient (Wildman–Crippen LogP) is 4.20. The molecule has 0 spiro atoms. The molecule has 2 aromatic carbocycles. The van der Waals surface area contributed by atoms with Crippen LogP contribution in [0.4, 0.5) is 4.39 Å². The summed E-state index contributed by atoms with van der Waals surface area (Å²) in [5.41, 5.74) is 3.29. The number of benzene rings is 2. The Morgan fingerprint density at radius 2 is 1.71 bits per heavy atom. The summed E-state index contributed by atoms with van der Waals surface area (Å²) in [6.45, 7) is 9.04. The van der Waals surface area contributed by atoms with E-state index in [4.69, 9.17) is 0 Å². The number of amides is 1. The lowest BCUT2D eigenvalue weighted by Crippen LogP contribution is -2.44. The zero-order valence-electron chi connectivity index (χ0n) is 18.7. The van der Waals surface area contributed by atoms with Crippen LogP contribution in [-0.4, -0.2) is 43.2 Å². The van der Waals surface area contributed by atoms with Crippen molar-refractivity contribution in [2.24, 2.45) is 5.92 Å². The molecule has 0 atom stereocenters. The molecular weight excluding hydrogens is 415 g/mol. The molecule has 5 nitrogen and oxygen atoms in total. The number of hydrogen-bond donors (Lipinski definition) is 0. The number of aryl methyl sites for hydroxylation is 3. The smallest absolute Gasteiger partial charge is 0.243 e. The van der Waals surface area contributed by atoms with Crippen LogP contribution in [0.15, 0.2) is 41.3 Å². The molecule has 1 fully saturated rings. The predicted molar refractivity (Wildman–Crippen MR) is 120 cm³/mol. The molecule has 0 aliphatic carbocycles. The molecule has 0 unspecified atom stereocenters. The van der Waals surface area contributed by atoms with Gasteiger partial charge in [0.05, 0.1) is 4.90 Å². The summed E-state index contributed by atoms with van der Waals surface area (Å²) in [6.07, 6.45) is 0.976. The molecule has 7 heteroatoms. The molecule has 168 valence electrons. The van der Waals surface area contributed by atoms with Crippen LogP contribution < -0.4 is 0 Å². The van der Waals surface area contributed by atoms with Crippen LogP contribution in [-0.2, 0) is 21.4 Å². The highest BCUT2D eigenvalue weighted by Crippen LogP contribution is 2.29. The zero-order valence-corrected chi connectivity index (χ0v) is 19.5. The van der Waals surface area contributed by atoms with Gasteiger partial charge in [0, 0.05) is 32.1 Å². The molecule has 1 aliphatic heterocycles. The molecule has 31 heavy (non-hydrogen) atoms. The lowest BCUT2D eigenvalue weighted by molar-refractivity contribution is -0.137. The third-order valence-electron chi connectivity index (χ3n) is 5.96. The summed E-state index contributed by atoms with van der Waals surface area (Å²) in [7, 11) is -3.60. The first-order chi connectivity index (χ1) is 14.6. The van der Waals surface area contributed by atoms with Crippen molar-refractivity contribution in [2.45, 2.75) is 52.0 Å². The zero-order chi connectivity index (χ0) is 22.8. The van der Waals surface area contributed by atoms with E-state index in [1.807, 2.05) is 39.8 Å². The first kappa shape index (κ1) is 23.4. The molecule has 1 amide bonds. The number of halogens is 1. The second-order valence-electron chi connectivity index (χ2n) is 8.39. The van der Waals surface area contributed by atoms with Crippen molar-refractivity contribution >= 4 is 15.9 Å². The molecule has 0 bridgehead atoms. The number of rotatable bonds is 6. The van der Waals surface area contributed by atoms with Crippen molar-refractivity contribution in [1.82, 2.24) is 9.21 Å². The number of sulfonamides is 1. The van der Waals surface area contributed by atoms with E-state index in [0.717, 1.165) is 22.3 Å². The summed E-state index contributed by atoms with van der Waals surface area (Å²) in [5, 5.41) is 0. The standard InChI is InChI=1S/C24H31FN2O3S/c1-5-26(16-20-7-6-8-22(25)15-20)24(28)21-9-11-27(12-10-21)31(29,30)23-18(3)13-17(2)14-19(23)4/h6-8,13-15,21H,5,9-12,16H2,1-4H3. The number of nitrogens with zero attached hydrogens (tertiary/aromatic N) is 2. The first-order valence-electron chi connectivity index (χ1n) is 10.7. The molecule has 0 N–H and O–H groups in total. The van der Waals surface area contributed by atoms with Crippen LogP contribution in [0.1, 0.15) is 42.0 Å². The topological polar surface area (TPSA) is 57.7 Å². The fourth-order valence-electron chi connectivity index (χ4n) is 4.51. The second kappa shape index (κ2) is 9.49. The molecule has 1 heterocycles. The second-order valence-corrected chi connectivity index (χ2v) is 10.3. The van der Waals surface area contributed by atoms with Gasteiger partial charge in [0.25, 0.3) is 0 Å². The van der Waals surface area contributed by atoms with E-state index < -0.39 is 10.0 Å². The highest BCUT2D eigenvalue weighted by Gasteiger charge is 2.34. The Labute approximate surface area is 184 Å². The quantitative estimate of drug-likeness (QED) is 0.668. The van der Waals surface area contributed by atoms with Gasteiger partial charge in [-0.2, -0.15) is 4.31 Å². The Bertz CT molecular complexity index is 1040. The first-order valence-corrected chi connectivity index (χ1v) is 12.2. The summed E-state index contributed by atoms with van der Waals surface area (Å²) in [5.74, 6) is -0.534. The van der Waals surface area contributed by atoms with E-state index in [0.29, 0.717) is 43.9 Å². The van der Waals surface area contributed by atoms with Crippen molar-refractivity contribution < 1.29 is 17.6 Å². The molecule has 3 rings (SSSR count). The van der Waals surface area contributed by atoms with Gasteiger partial charge < -0.3 is 4.90 Å². The van der Waals surface area contributed by atoms with Crippen LogP contribution in [0, 0.1) is 32.5 Å². The molecule has 0 radical (unpaired) electrons. The lowest BCUT2D eigenvalue weighted by Gasteiger charge is -2.34. The Hall–Kier alpha value is -2.25. The maximum Gasteiger partial charge on any atom is 0.243 e. The average Bonchev–Trinajstić information content (AvgIpc) is 2.70. The Morgan fingerprint density at radius 1 is 1.10 bits per heavy atom. The number of hydrogen-bond acceptors (Lipinski definition) is 3. The molecule has 1 aliphatic rings. The fourth-order valence-corrected chi connectivity index (χ4v) is 6.39. The summed E-state index contributed by atoms with van der Waals surface area (Å²) >= 11 is 0. The van der Waals surface area contributed by atoms with Crippen molar-refractivity contribution in [1.29, 1.82) is 0 Å². The van der Waals surface area contributed by atoms with Crippen LogP contribution >= 0.6 is 0 Å². The van der Waals surface area contributed by atoms with Gasteiger partial charge in [0.2, 0.25) is 15.9 Å². The van der Waals surface area contributed by atoms with E-state index in [2.05, 4.69) is 0 Å². The van der Waals surface area contributed by atoms with E-state index in [1.165, 1.54) is 16.4 Å². The lowest BCUT2D eigenvalue weighted by atomic mass is 9.96. The largest absolute Gasteiger partial charge is 0.338 e. The molecule has 1 saturated heterocycles. The van der Waals surface area contributed by atoms with Crippen LogP contribution in [0.25, 0.3) is 0 Å².